The van der Waals surface area contributed by atoms with Crippen LogP contribution in [0.3, 0.4) is 0 Å². The Morgan fingerprint density at radius 2 is 1.94 bits per heavy atom. The first-order chi connectivity index (χ1) is 8.43. The molecule has 2 nitrogen and oxygen atoms in total. The van der Waals surface area contributed by atoms with Crippen LogP contribution in [0.1, 0.15) is 36.4 Å². The van der Waals surface area contributed by atoms with E-state index in [1.54, 1.807) is 0 Å². The number of rotatable bonds is 2. The number of nitrogens with zero attached hydrogens (tertiary/aromatic N) is 2. The molecule has 2 aliphatic rings. The minimum absolute atomic E-state index is 0.429. The van der Waals surface area contributed by atoms with Crippen LogP contribution >= 0.6 is 0 Å². The van der Waals surface area contributed by atoms with Crippen molar-refractivity contribution in [3.8, 4) is 0 Å². The van der Waals surface area contributed by atoms with E-state index >= 15 is 0 Å². The highest BCUT2D eigenvalue weighted by Crippen LogP contribution is 2.25. The first kappa shape index (κ1) is 11.2. The van der Waals surface area contributed by atoms with Crippen LogP contribution in [0, 0.1) is 0 Å². The van der Waals surface area contributed by atoms with Gasteiger partial charge in [0.2, 0.25) is 0 Å². The summed E-state index contributed by atoms with van der Waals surface area (Å²) in [5.41, 5.74) is 2.99. The quantitative estimate of drug-likeness (QED) is 0.761. The SMILES string of the molecule is c1ccc2c(c1)CC[N][C@H]2CN1CCCCC1. The highest BCUT2D eigenvalue weighted by molar-refractivity contribution is 5.32. The van der Waals surface area contributed by atoms with Gasteiger partial charge in [-0.1, -0.05) is 30.7 Å². The molecule has 1 aromatic carbocycles. The lowest BCUT2D eigenvalue weighted by Gasteiger charge is -2.33. The van der Waals surface area contributed by atoms with E-state index in [9.17, 15) is 0 Å². The molecule has 0 saturated carbocycles. The molecule has 2 heterocycles. The van der Waals surface area contributed by atoms with Crippen LogP contribution in [0.15, 0.2) is 24.3 Å². The van der Waals surface area contributed by atoms with Crippen LogP contribution in [0.25, 0.3) is 0 Å². The van der Waals surface area contributed by atoms with Crippen molar-refractivity contribution in [2.75, 3.05) is 26.2 Å². The van der Waals surface area contributed by atoms with Crippen molar-refractivity contribution >= 4 is 0 Å². The van der Waals surface area contributed by atoms with Crippen LogP contribution in [-0.4, -0.2) is 31.1 Å². The highest BCUT2D eigenvalue weighted by atomic mass is 15.2. The average Bonchev–Trinajstić information content (AvgIpc) is 2.40. The van der Waals surface area contributed by atoms with E-state index in [1.165, 1.54) is 43.5 Å². The molecule has 1 aromatic rings. The topological polar surface area (TPSA) is 17.3 Å². The second-order valence-electron chi connectivity index (χ2n) is 5.23. The lowest BCUT2D eigenvalue weighted by molar-refractivity contribution is 0.202. The first-order valence-electron chi connectivity index (χ1n) is 6.90. The number of hydrogen-bond acceptors (Lipinski definition) is 1. The normalized spacial score (nSPS) is 25.5. The van der Waals surface area contributed by atoms with Gasteiger partial charge in [0.05, 0.1) is 6.04 Å². The van der Waals surface area contributed by atoms with Gasteiger partial charge in [0.25, 0.3) is 0 Å². The molecule has 91 valence electrons. The Hall–Kier alpha value is -0.860. The van der Waals surface area contributed by atoms with E-state index in [4.69, 9.17) is 5.32 Å². The molecule has 1 fully saturated rings. The third-order valence-corrected chi connectivity index (χ3v) is 4.02. The second kappa shape index (κ2) is 5.19. The van der Waals surface area contributed by atoms with Gasteiger partial charge in [0, 0.05) is 13.1 Å². The summed E-state index contributed by atoms with van der Waals surface area (Å²) in [6.07, 6.45) is 5.28. The first-order valence-corrected chi connectivity index (χ1v) is 6.90. The predicted octanol–water partition coefficient (Wildman–Crippen LogP) is 2.37. The summed E-state index contributed by atoms with van der Waals surface area (Å²) in [5.74, 6) is 0. The third kappa shape index (κ3) is 2.53. The van der Waals surface area contributed by atoms with Crippen LogP contribution in [0.5, 0.6) is 0 Å². The van der Waals surface area contributed by atoms with Crippen molar-refractivity contribution in [1.29, 1.82) is 0 Å². The molecular formula is C15H21N2. The van der Waals surface area contributed by atoms with Crippen molar-refractivity contribution in [1.82, 2.24) is 10.2 Å². The van der Waals surface area contributed by atoms with Crippen LogP contribution in [0.2, 0.25) is 0 Å². The van der Waals surface area contributed by atoms with E-state index in [-0.39, 0.29) is 0 Å². The molecule has 1 atom stereocenters. The van der Waals surface area contributed by atoms with E-state index < -0.39 is 0 Å². The maximum absolute atomic E-state index is 4.82. The van der Waals surface area contributed by atoms with Gasteiger partial charge in [-0.25, -0.2) is 5.32 Å². The monoisotopic (exact) mass is 229 g/mol. The summed E-state index contributed by atoms with van der Waals surface area (Å²) < 4.78 is 0. The zero-order chi connectivity index (χ0) is 11.5. The molecule has 0 aliphatic carbocycles. The van der Waals surface area contributed by atoms with E-state index in [0.717, 1.165) is 19.5 Å². The summed E-state index contributed by atoms with van der Waals surface area (Å²) in [6, 6.07) is 9.28. The number of benzene rings is 1. The minimum Gasteiger partial charge on any atom is -0.301 e. The molecule has 2 aliphatic heterocycles. The molecule has 0 N–H and O–H groups in total. The van der Waals surface area contributed by atoms with Gasteiger partial charge in [-0.05, 0) is 43.5 Å². The highest BCUT2D eigenvalue weighted by Gasteiger charge is 2.23. The van der Waals surface area contributed by atoms with Crippen molar-refractivity contribution in [3.63, 3.8) is 0 Å². The Kier molecular flexibility index (Phi) is 3.44. The van der Waals surface area contributed by atoms with Crippen LogP contribution in [-0.2, 0) is 6.42 Å². The molecule has 0 spiro atoms. The summed E-state index contributed by atoms with van der Waals surface area (Å²) >= 11 is 0. The molecular weight excluding hydrogens is 208 g/mol. The average molecular weight is 229 g/mol. The molecule has 2 heteroatoms. The molecule has 0 bridgehead atoms. The van der Waals surface area contributed by atoms with Gasteiger partial charge in [-0.3, -0.25) is 0 Å². The maximum Gasteiger partial charge on any atom is 0.0625 e. The number of fused-ring (bicyclic) bond motifs is 1. The smallest absolute Gasteiger partial charge is 0.0625 e. The maximum atomic E-state index is 4.82. The van der Waals surface area contributed by atoms with Crippen LogP contribution < -0.4 is 5.32 Å². The van der Waals surface area contributed by atoms with Gasteiger partial charge in [0.15, 0.2) is 0 Å². The Balaban J connectivity index is 1.71. The van der Waals surface area contributed by atoms with E-state index in [1.807, 2.05) is 0 Å². The van der Waals surface area contributed by atoms with Crippen molar-refractivity contribution in [2.24, 2.45) is 0 Å². The van der Waals surface area contributed by atoms with Crippen molar-refractivity contribution < 1.29 is 0 Å². The number of likely N-dealkylation sites (tertiary alicyclic amines) is 1. The Morgan fingerprint density at radius 1 is 1.12 bits per heavy atom. The summed E-state index contributed by atoms with van der Waals surface area (Å²) in [7, 11) is 0. The third-order valence-electron chi connectivity index (χ3n) is 4.02. The number of hydrogen-bond donors (Lipinski definition) is 0. The number of piperidine rings is 1. The summed E-state index contributed by atoms with van der Waals surface area (Å²) in [6.45, 7) is 4.69. The Labute approximate surface area is 104 Å². The van der Waals surface area contributed by atoms with E-state index in [2.05, 4.69) is 29.2 Å². The largest absolute Gasteiger partial charge is 0.301 e. The predicted molar refractivity (Wildman–Crippen MR) is 70.2 cm³/mol. The van der Waals surface area contributed by atoms with Gasteiger partial charge in [0.1, 0.15) is 0 Å². The zero-order valence-corrected chi connectivity index (χ0v) is 10.4. The second-order valence-corrected chi connectivity index (χ2v) is 5.23. The van der Waals surface area contributed by atoms with Gasteiger partial charge in [-0.15, -0.1) is 0 Å². The molecule has 3 rings (SSSR count). The molecule has 17 heavy (non-hydrogen) atoms. The van der Waals surface area contributed by atoms with Crippen LogP contribution in [0.4, 0.5) is 0 Å². The van der Waals surface area contributed by atoms with Gasteiger partial charge >= 0.3 is 0 Å². The lowest BCUT2D eigenvalue weighted by atomic mass is 9.93. The zero-order valence-electron chi connectivity index (χ0n) is 10.4. The molecule has 0 aromatic heterocycles. The summed E-state index contributed by atoms with van der Waals surface area (Å²) in [5, 5.41) is 4.82. The molecule has 1 saturated heterocycles. The fourth-order valence-corrected chi connectivity index (χ4v) is 3.07. The fraction of sp³-hybridized carbons (Fsp3) is 0.600. The molecule has 1 radical (unpaired) electrons. The standard InChI is InChI=1S/C15H21N2/c1-4-10-17(11-5-1)12-15-14-7-3-2-6-13(14)8-9-16-15/h2-3,6-7,15H,1,4-5,8-12H2/t15-/m0/s1. The molecule has 0 unspecified atom stereocenters. The molecule has 0 amide bonds. The Bertz CT molecular complexity index is 369. The van der Waals surface area contributed by atoms with Gasteiger partial charge < -0.3 is 4.90 Å². The minimum atomic E-state index is 0.429. The fourth-order valence-electron chi connectivity index (χ4n) is 3.07. The summed E-state index contributed by atoms with van der Waals surface area (Å²) in [4.78, 5) is 2.60. The van der Waals surface area contributed by atoms with Gasteiger partial charge in [-0.2, -0.15) is 0 Å². The van der Waals surface area contributed by atoms with Crippen molar-refractivity contribution in [2.45, 2.75) is 31.7 Å². The van der Waals surface area contributed by atoms with Crippen molar-refractivity contribution in [3.05, 3.63) is 35.4 Å². The Morgan fingerprint density at radius 3 is 2.82 bits per heavy atom. The van der Waals surface area contributed by atoms with E-state index in [0.29, 0.717) is 6.04 Å². The lowest BCUT2D eigenvalue weighted by Crippen LogP contribution is -2.38.